The predicted octanol–water partition coefficient (Wildman–Crippen LogP) is 2.62. The van der Waals surface area contributed by atoms with E-state index in [0.29, 0.717) is 26.0 Å². The molecule has 2 rings (SSSR count). The molecule has 0 saturated carbocycles. The van der Waals surface area contributed by atoms with E-state index in [-0.39, 0.29) is 11.5 Å². The lowest BCUT2D eigenvalue weighted by Gasteiger charge is -2.06. The molecular formula is C15H18N2O3S. The van der Waals surface area contributed by atoms with Crippen LogP contribution in [0.4, 0.5) is 0 Å². The van der Waals surface area contributed by atoms with Crippen LogP contribution in [0.25, 0.3) is 10.6 Å². The summed E-state index contributed by atoms with van der Waals surface area (Å²) in [6, 6.07) is 7.27. The number of carbonyl (C=O) groups is 1. The van der Waals surface area contributed by atoms with Crippen molar-refractivity contribution < 1.29 is 9.53 Å². The molecule has 21 heavy (non-hydrogen) atoms. The van der Waals surface area contributed by atoms with Gasteiger partial charge in [0, 0.05) is 23.9 Å². The number of aryl methyl sites for hydroxylation is 2. The number of hydrogen-bond donors (Lipinski definition) is 0. The van der Waals surface area contributed by atoms with Gasteiger partial charge in [-0.3, -0.25) is 9.59 Å². The second-order valence-electron chi connectivity index (χ2n) is 4.60. The second kappa shape index (κ2) is 7.17. The Morgan fingerprint density at radius 3 is 2.81 bits per heavy atom. The normalized spacial score (nSPS) is 10.6. The summed E-state index contributed by atoms with van der Waals surface area (Å²) in [7, 11) is 0. The van der Waals surface area contributed by atoms with Crippen LogP contribution in [0.15, 0.2) is 29.1 Å². The van der Waals surface area contributed by atoms with Crippen LogP contribution in [-0.4, -0.2) is 22.4 Å². The number of carbonyl (C=O) groups excluding carboxylic acids is 1. The summed E-state index contributed by atoms with van der Waals surface area (Å²) in [6.45, 7) is 4.60. The fourth-order valence-corrected chi connectivity index (χ4v) is 2.75. The van der Waals surface area contributed by atoms with Gasteiger partial charge >= 0.3 is 5.97 Å². The lowest BCUT2D eigenvalue weighted by atomic mass is 10.3. The molecule has 0 bridgehead atoms. The third kappa shape index (κ3) is 4.26. The van der Waals surface area contributed by atoms with Crippen molar-refractivity contribution in [3.8, 4) is 10.6 Å². The molecule has 2 aromatic heterocycles. The summed E-state index contributed by atoms with van der Waals surface area (Å²) in [5.74, 6) is -0.240. The van der Waals surface area contributed by atoms with E-state index in [1.54, 1.807) is 24.3 Å². The van der Waals surface area contributed by atoms with Gasteiger partial charge in [-0.25, -0.2) is 4.68 Å². The van der Waals surface area contributed by atoms with Gasteiger partial charge in [0.1, 0.15) is 5.69 Å². The Kier molecular flexibility index (Phi) is 5.27. The number of esters is 1. The van der Waals surface area contributed by atoms with E-state index in [0.717, 1.165) is 10.6 Å². The zero-order valence-electron chi connectivity index (χ0n) is 12.2. The molecule has 0 aliphatic rings. The quantitative estimate of drug-likeness (QED) is 0.770. The van der Waals surface area contributed by atoms with Crippen molar-refractivity contribution in [2.75, 3.05) is 6.61 Å². The minimum Gasteiger partial charge on any atom is -0.466 e. The Morgan fingerprint density at radius 1 is 1.33 bits per heavy atom. The first-order valence-electron chi connectivity index (χ1n) is 6.90. The van der Waals surface area contributed by atoms with Crippen LogP contribution in [0.2, 0.25) is 0 Å². The highest BCUT2D eigenvalue weighted by molar-refractivity contribution is 7.15. The monoisotopic (exact) mass is 306 g/mol. The van der Waals surface area contributed by atoms with Crippen LogP contribution >= 0.6 is 11.3 Å². The maximum atomic E-state index is 11.8. The van der Waals surface area contributed by atoms with Gasteiger partial charge in [-0.05, 0) is 38.5 Å². The van der Waals surface area contributed by atoms with Gasteiger partial charge in [0.05, 0.1) is 11.5 Å². The molecule has 2 aromatic rings. The maximum Gasteiger partial charge on any atom is 0.305 e. The lowest BCUT2D eigenvalue weighted by molar-refractivity contribution is -0.143. The maximum absolute atomic E-state index is 11.8. The van der Waals surface area contributed by atoms with E-state index >= 15 is 0 Å². The highest BCUT2D eigenvalue weighted by Crippen LogP contribution is 2.24. The van der Waals surface area contributed by atoms with E-state index in [9.17, 15) is 9.59 Å². The molecule has 2 heterocycles. The lowest BCUT2D eigenvalue weighted by Crippen LogP contribution is -2.22. The predicted molar refractivity (Wildman–Crippen MR) is 82.4 cm³/mol. The minimum atomic E-state index is -0.240. The molecule has 0 saturated heterocycles. The van der Waals surface area contributed by atoms with E-state index in [1.165, 1.54) is 15.6 Å². The molecule has 0 aliphatic carbocycles. The first-order valence-corrected chi connectivity index (χ1v) is 7.72. The summed E-state index contributed by atoms with van der Waals surface area (Å²) in [4.78, 5) is 25.3. The van der Waals surface area contributed by atoms with Crippen molar-refractivity contribution in [2.45, 2.75) is 33.2 Å². The van der Waals surface area contributed by atoms with Gasteiger partial charge in [-0.15, -0.1) is 11.3 Å². The summed E-state index contributed by atoms with van der Waals surface area (Å²) in [5.41, 5.74) is 0.625. The molecule has 0 aromatic carbocycles. The Bertz CT molecular complexity index is 676. The van der Waals surface area contributed by atoms with Crippen molar-refractivity contribution in [3.63, 3.8) is 0 Å². The van der Waals surface area contributed by atoms with Crippen molar-refractivity contribution in [3.05, 3.63) is 39.5 Å². The topological polar surface area (TPSA) is 61.2 Å². The molecule has 0 aliphatic heterocycles. The van der Waals surface area contributed by atoms with Gasteiger partial charge in [-0.2, -0.15) is 5.10 Å². The molecule has 0 spiro atoms. The van der Waals surface area contributed by atoms with Gasteiger partial charge in [0.25, 0.3) is 5.56 Å². The van der Waals surface area contributed by atoms with Crippen LogP contribution in [0, 0.1) is 6.92 Å². The molecule has 0 atom stereocenters. The third-order valence-corrected chi connectivity index (χ3v) is 3.94. The zero-order chi connectivity index (χ0) is 15.2. The molecule has 5 nitrogen and oxygen atoms in total. The van der Waals surface area contributed by atoms with Gasteiger partial charge in [-0.1, -0.05) is 0 Å². The van der Waals surface area contributed by atoms with Crippen molar-refractivity contribution in [2.24, 2.45) is 0 Å². The highest BCUT2D eigenvalue weighted by atomic mass is 32.1. The average molecular weight is 306 g/mol. The van der Waals surface area contributed by atoms with Crippen LogP contribution in [0.1, 0.15) is 24.6 Å². The van der Waals surface area contributed by atoms with E-state index < -0.39 is 0 Å². The molecule has 0 radical (unpaired) electrons. The van der Waals surface area contributed by atoms with Gasteiger partial charge in [0.15, 0.2) is 0 Å². The molecule has 0 amide bonds. The number of ether oxygens (including phenoxy) is 1. The Hall–Kier alpha value is -1.95. The Labute approximate surface area is 127 Å². The van der Waals surface area contributed by atoms with Gasteiger partial charge < -0.3 is 4.74 Å². The number of hydrogen-bond acceptors (Lipinski definition) is 5. The second-order valence-corrected chi connectivity index (χ2v) is 5.89. The number of thiophene rings is 1. The molecule has 0 N–H and O–H groups in total. The fourth-order valence-electron chi connectivity index (χ4n) is 1.92. The highest BCUT2D eigenvalue weighted by Gasteiger charge is 2.07. The van der Waals surface area contributed by atoms with Crippen LogP contribution in [-0.2, 0) is 16.1 Å². The number of aromatic nitrogens is 2. The third-order valence-electron chi connectivity index (χ3n) is 2.92. The fraction of sp³-hybridized carbons (Fsp3) is 0.400. The van der Waals surface area contributed by atoms with E-state index in [1.807, 2.05) is 19.1 Å². The first kappa shape index (κ1) is 15.4. The van der Waals surface area contributed by atoms with Crippen molar-refractivity contribution in [1.82, 2.24) is 9.78 Å². The minimum absolute atomic E-state index is 0.157. The van der Waals surface area contributed by atoms with Crippen molar-refractivity contribution >= 4 is 17.3 Å². The summed E-state index contributed by atoms with van der Waals surface area (Å²) in [5, 5.41) is 4.36. The summed E-state index contributed by atoms with van der Waals surface area (Å²) < 4.78 is 6.27. The molecule has 112 valence electrons. The van der Waals surface area contributed by atoms with E-state index in [2.05, 4.69) is 5.10 Å². The molecule has 0 unspecified atom stereocenters. The molecule has 6 heteroatoms. The van der Waals surface area contributed by atoms with Crippen molar-refractivity contribution in [1.29, 1.82) is 0 Å². The number of rotatable bonds is 6. The first-order chi connectivity index (χ1) is 10.1. The van der Waals surface area contributed by atoms with Crippen LogP contribution in [0.3, 0.4) is 0 Å². The summed E-state index contributed by atoms with van der Waals surface area (Å²) in [6.07, 6.45) is 0.836. The molecular weight excluding hydrogens is 288 g/mol. The smallest absolute Gasteiger partial charge is 0.305 e. The van der Waals surface area contributed by atoms with Crippen LogP contribution < -0.4 is 5.56 Å². The van der Waals surface area contributed by atoms with Gasteiger partial charge in [0.2, 0.25) is 0 Å². The SMILES string of the molecule is CCOC(=O)CCCn1nc(-c2ccc(C)s2)ccc1=O. The Morgan fingerprint density at radius 2 is 2.14 bits per heavy atom. The average Bonchev–Trinajstić information content (AvgIpc) is 2.88. The van der Waals surface area contributed by atoms with E-state index in [4.69, 9.17) is 4.74 Å². The Balaban J connectivity index is 2.06. The standard InChI is InChI=1S/C15H18N2O3S/c1-3-20-15(19)5-4-10-17-14(18)9-7-12(16-17)13-8-6-11(2)21-13/h6-9H,3-5,10H2,1-2H3. The molecule has 0 fully saturated rings. The largest absolute Gasteiger partial charge is 0.466 e. The zero-order valence-corrected chi connectivity index (χ0v) is 13.0. The summed E-state index contributed by atoms with van der Waals surface area (Å²) >= 11 is 1.64. The number of nitrogens with zero attached hydrogens (tertiary/aromatic N) is 2. The van der Waals surface area contributed by atoms with Crippen LogP contribution in [0.5, 0.6) is 0 Å².